The number of hydrogen-bond acceptors (Lipinski definition) is 5. The molecule has 1 aromatic carbocycles. The van der Waals surface area contributed by atoms with Gasteiger partial charge in [-0.15, -0.1) is 25.3 Å². The zero-order valence-corrected chi connectivity index (χ0v) is 11.5. The number of thiocarbonyl (C=S) groups is 1. The van der Waals surface area contributed by atoms with Crippen LogP contribution < -0.4 is 0 Å². The Morgan fingerprint density at radius 3 is 2.17 bits per heavy atom. The van der Waals surface area contributed by atoms with Gasteiger partial charge in [0.1, 0.15) is 6.61 Å². The SMILES string of the molecule is O=C(O)OCc1ccc([N+](=O)[O-])cc1.S=C(S)S. The molecule has 6 nitrogen and oxygen atoms in total. The van der Waals surface area contributed by atoms with E-state index in [0.29, 0.717) is 9.09 Å². The Bertz CT molecular complexity index is 430. The second-order valence-electron chi connectivity index (χ2n) is 2.76. The van der Waals surface area contributed by atoms with E-state index in [9.17, 15) is 14.9 Å². The summed E-state index contributed by atoms with van der Waals surface area (Å²) in [6.07, 6.45) is -1.37. The van der Waals surface area contributed by atoms with E-state index in [2.05, 4.69) is 42.2 Å². The number of nitro groups is 1. The maximum absolute atomic E-state index is 10.3. The first kappa shape index (κ1) is 16.7. The van der Waals surface area contributed by atoms with Crippen molar-refractivity contribution in [2.24, 2.45) is 0 Å². The topological polar surface area (TPSA) is 89.7 Å². The van der Waals surface area contributed by atoms with Gasteiger partial charge in [-0.2, -0.15) is 0 Å². The molecule has 0 aliphatic carbocycles. The summed E-state index contributed by atoms with van der Waals surface area (Å²) in [5.74, 6) is 0. The molecule has 0 heterocycles. The molecule has 0 radical (unpaired) electrons. The second-order valence-corrected chi connectivity index (χ2v) is 5.02. The average Bonchev–Trinajstić information content (AvgIpc) is 2.26. The van der Waals surface area contributed by atoms with Crippen LogP contribution in [0.5, 0.6) is 0 Å². The van der Waals surface area contributed by atoms with Gasteiger partial charge in [0.05, 0.1) is 8.45 Å². The maximum Gasteiger partial charge on any atom is 0.506 e. The molecule has 1 rings (SSSR count). The largest absolute Gasteiger partial charge is 0.506 e. The van der Waals surface area contributed by atoms with Crippen molar-refractivity contribution < 1.29 is 19.6 Å². The molecule has 0 aliphatic rings. The van der Waals surface area contributed by atoms with Gasteiger partial charge in [0, 0.05) is 12.1 Å². The number of nitrogens with zero attached hydrogens (tertiary/aromatic N) is 1. The smallest absolute Gasteiger partial charge is 0.450 e. The van der Waals surface area contributed by atoms with E-state index >= 15 is 0 Å². The minimum absolute atomic E-state index is 0.0379. The Morgan fingerprint density at radius 2 is 1.83 bits per heavy atom. The Hall–Kier alpha value is -1.32. The third-order valence-electron chi connectivity index (χ3n) is 1.51. The number of benzene rings is 1. The van der Waals surface area contributed by atoms with Crippen LogP contribution in [-0.4, -0.2) is 19.7 Å². The van der Waals surface area contributed by atoms with E-state index in [1.165, 1.54) is 24.3 Å². The van der Waals surface area contributed by atoms with Gasteiger partial charge in [0.15, 0.2) is 0 Å². The Morgan fingerprint density at radius 1 is 1.39 bits per heavy atom. The molecule has 0 spiro atoms. The van der Waals surface area contributed by atoms with Gasteiger partial charge in [-0.05, 0) is 17.7 Å². The summed E-state index contributed by atoms with van der Waals surface area (Å²) >= 11 is 11.4. The summed E-state index contributed by atoms with van der Waals surface area (Å²) < 4.78 is 4.66. The highest BCUT2D eigenvalue weighted by atomic mass is 32.2. The molecular weight excluding hydrogens is 298 g/mol. The Kier molecular flexibility index (Phi) is 8.08. The van der Waals surface area contributed by atoms with Crippen LogP contribution in [0.2, 0.25) is 0 Å². The summed E-state index contributed by atoms with van der Waals surface area (Å²) in [4.78, 5) is 19.7. The molecule has 1 aromatic rings. The van der Waals surface area contributed by atoms with Crippen molar-refractivity contribution in [2.75, 3.05) is 0 Å². The van der Waals surface area contributed by atoms with Crippen LogP contribution in [0.4, 0.5) is 10.5 Å². The van der Waals surface area contributed by atoms with Crippen LogP contribution in [-0.2, 0) is 11.3 Å². The van der Waals surface area contributed by atoms with E-state index in [4.69, 9.17) is 5.11 Å². The van der Waals surface area contributed by atoms with Gasteiger partial charge in [-0.25, -0.2) is 4.79 Å². The summed E-state index contributed by atoms with van der Waals surface area (Å²) in [7, 11) is 0. The summed E-state index contributed by atoms with van der Waals surface area (Å²) in [5, 5.41) is 18.4. The van der Waals surface area contributed by atoms with Crippen LogP contribution >= 0.6 is 37.5 Å². The third-order valence-corrected chi connectivity index (χ3v) is 1.51. The number of carboxylic acid groups (broad SMARTS) is 1. The lowest BCUT2D eigenvalue weighted by Gasteiger charge is -1.99. The van der Waals surface area contributed by atoms with Crippen LogP contribution in [0, 0.1) is 10.1 Å². The third kappa shape index (κ3) is 8.79. The normalized spacial score (nSPS) is 8.78. The number of thiol groups is 2. The van der Waals surface area contributed by atoms with Crippen molar-refractivity contribution in [3.63, 3.8) is 0 Å². The van der Waals surface area contributed by atoms with Gasteiger partial charge in [0.25, 0.3) is 5.69 Å². The van der Waals surface area contributed by atoms with Gasteiger partial charge in [-0.3, -0.25) is 10.1 Å². The molecule has 1 N–H and O–H groups in total. The van der Waals surface area contributed by atoms with E-state index in [0.717, 1.165) is 0 Å². The number of carbonyl (C=O) groups is 1. The van der Waals surface area contributed by atoms with Crippen molar-refractivity contribution in [3.05, 3.63) is 39.9 Å². The molecule has 18 heavy (non-hydrogen) atoms. The predicted octanol–water partition coefficient (Wildman–Crippen LogP) is 2.92. The average molecular weight is 307 g/mol. The van der Waals surface area contributed by atoms with Gasteiger partial charge < -0.3 is 9.84 Å². The highest BCUT2D eigenvalue weighted by molar-refractivity contribution is 8.34. The molecule has 0 fully saturated rings. The monoisotopic (exact) mass is 307 g/mol. The zero-order chi connectivity index (χ0) is 14.1. The van der Waals surface area contributed by atoms with E-state index in [-0.39, 0.29) is 12.3 Å². The van der Waals surface area contributed by atoms with Gasteiger partial charge in [0.2, 0.25) is 0 Å². The molecule has 9 heteroatoms. The van der Waals surface area contributed by atoms with Crippen LogP contribution in [0.25, 0.3) is 0 Å². The van der Waals surface area contributed by atoms with Crippen LogP contribution in [0.3, 0.4) is 0 Å². The Balaban J connectivity index is 0.000000631. The summed E-state index contributed by atoms with van der Waals surface area (Å²) in [5.41, 5.74) is 0.530. The fraction of sp³-hybridized carbons (Fsp3) is 0.111. The van der Waals surface area contributed by atoms with E-state index in [1.54, 1.807) is 0 Å². The molecule has 0 bridgehead atoms. The lowest BCUT2D eigenvalue weighted by atomic mass is 10.2. The van der Waals surface area contributed by atoms with E-state index in [1.807, 2.05) is 0 Å². The number of nitro benzene ring substituents is 1. The number of ether oxygens (including phenoxy) is 1. The molecule has 0 saturated heterocycles. The molecule has 0 atom stereocenters. The summed E-state index contributed by atoms with van der Waals surface area (Å²) in [6, 6.07) is 5.48. The van der Waals surface area contributed by atoms with Crippen molar-refractivity contribution in [1.29, 1.82) is 0 Å². The molecule has 0 unspecified atom stereocenters. The molecular formula is C9H9NO5S3. The number of non-ortho nitro benzene ring substituents is 1. The molecule has 0 saturated carbocycles. The van der Waals surface area contributed by atoms with Crippen molar-refractivity contribution in [2.45, 2.75) is 6.61 Å². The minimum Gasteiger partial charge on any atom is -0.450 e. The molecule has 0 aliphatic heterocycles. The quantitative estimate of drug-likeness (QED) is 0.261. The van der Waals surface area contributed by atoms with Crippen LogP contribution in [0.15, 0.2) is 24.3 Å². The lowest BCUT2D eigenvalue weighted by molar-refractivity contribution is -0.384. The molecule has 0 amide bonds. The van der Waals surface area contributed by atoms with E-state index < -0.39 is 11.1 Å². The second kappa shape index (κ2) is 8.72. The first-order valence-corrected chi connectivity index (χ1v) is 5.64. The summed E-state index contributed by atoms with van der Waals surface area (Å²) in [6.45, 7) is -0.104. The number of rotatable bonds is 3. The highest BCUT2D eigenvalue weighted by Gasteiger charge is 2.04. The standard InChI is InChI=1S/C8H7NO5.CH2S3/c10-8(11)14-5-6-1-3-7(4-2-6)9(12)13;2-1(3)4/h1-4H,5H2,(H,10,11);(H2,2,3,4). The maximum atomic E-state index is 10.3. The highest BCUT2D eigenvalue weighted by Crippen LogP contribution is 2.12. The zero-order valence-electron chi connectivity index (χ0n) is 8.85. The van der Waals surface area contributed by atoms with Crippen LogP contribution in [0.1, 0.15) is 5.56 Å². The minimum atomic E-state index is -1.37. The fourth-order valence-electron chi connectivity index (χ4n) is 0.859. The Labute approximate surface area is 119 Å². The first-order valence-electron chi connectivity index (χ1n) is 4.34. The first-order chi connectivity index (χ1) is 8.32. The molecule has 0 aromatic heterocycles. The van der Waals surface area contributed by atoms with Crippen molar-refractivity contribution >= 4 is 52.8 Å². The van der Waals surface area contributed by atoms with Gasteiger partial charge >= 0.3 is 6.16 Å². The lowest BCUT2D eigenvalue weighted by Crippen LogP contribution is -2.00. The number of hydrogen-bond donors (Lipinski definition) is 3. The van der Waals surface area contributed by atoms with Gasteiger partial charge in [-0.1, -0.05) is 12.2 Å². The van der Waals surface area contributed by atoms with Crippen molar-refractivity contribution in [1.82, 2.24) is 0 Å². The predicted molar refractivity (Wildman–Crippen MR) is 76.5 cm³/mol. The van der Waals surface area contributed by atoms with Crippen molar-refractivity contribution in [3.8, 4) is 0 Å². The fourth-order valence-corrected chi connectivity index (χ4v) is 0.859. The molecule has 98 valence electrons.